The average Bonchev–Trinajstić information content (AvgIpc) is 3.21. The Morgan fingerprint density at radius 1 is 1.21 bits per heavy atom. The van der Waals surface area contributed by atoms with Crippen LogP contribution in [0.15, 0.2) is 58.6 Å². The lowest BCUT2D eigenvalue weighted by atomic mass is 10.0. The molecule has 0 saturated carbocycles. The van der Waals surface area contributed by atoms with Gasteiger partial charge in [-0.3, -0.25) is 4.99 Å². The molecule has 0 aromatic heterocycles. The molecular weight excluding hydrogens is 446 g/mol. The lowest BCUT2D eigenvalue weighted by Crippen LogP contribution is -2.46. The third-order valence-corrected chi connectivity index (χ3v) is 6.64. The molecule has 2 amide bonds. The number of amides is 2. The molecule has 0 saturated heterocycles. The van der Waals surface area contributed by atoms with Crippen molar-refractivity contribution in [2.24, 2.45) is 10.1 Å². The van der Waals surface area contributed by atoms with Gasteiger partial charge in [-0.05, 0) is 36.6 Å². The van der Waals surface area contributed by atoms with E-state index in [9.17, 15) is 13.6 Å². The first kappa shape index (κ1) is 24.5. The second-order valence-electron chi connectivity index (χ2n) is 7.62. The van der Waals surface area contributed by atoms with Crippen molar-refractivity contribution in [2.75, 3.05) is 34.7 Å². The number of hydrazone groups is 1. The molecule has 1 aliphatic rings. The normalized spacial score (nSPS) is 18.2. The van der Waals surface area contributed by atoms with Crippen LogP contribution in [0.2, 0.25) is 0 Å². The molecule has 0 bridgehead atoms. The summed E-state index contributed by atoms with van der Waals surface area (Å²) in [6.07, 6.45) is 1.17. The van der Waals surface area contributed by atoms with Gasteiger partial charge in [-0.1, -0.05) is 42.1 Å². The largest absolute Gasteiger partial charge is 0.359 e. The molecule has 3 rings (SSSR count). The zero-order valence-electron chi connectivity index (χ0n) is 19.1. The second-order valence-corrected chi connectivity index (χ2v) is 8.89. The van der Waals surface area contributed by atoms with Crippen molar-refractivity contribution in [3.63, 3.8) is 0 Å². The lowest BCUT2D eigenvalue weighted by molar-refractivity contribution is 0.138. The standard InChI is InChI=1S/C23H28F2N6OS/c1-26-21(27-2)28-14-8-13-23(16-9-6-5-7-10-16)31(22(32)30(3)4)29-20(33-23)18-15-17(24)11-12-19(18)25/h5-7,9-12,15H,8,13-14H2,1-4H3,(H2,26,27,28). The molecule has 7 nitrogen and oxygen atoms in total. The Labute approximate surface area is 196 Å². The number of hydrogen-bond acceptors (Lipinski definition) is 4. The Balaban J connectivity index is 2.02. The first-order chi connectivity index (χ1) is 15.8. The molecule has 1 aliphatic heterocycles. The maximum absolute atomic E-state index is 14.6. The highest BCUT2D eigenvalue weighted by molar-refractivity contribution is 8.15. The Morgan fingerprint density at radius 2 is 1.94 bits per heavy atom. The summed E-state index contributed by atoms with van der Waals surface area (Å²) in [5.41, 5.74) is 0.877. The van der Waals surface area contributed by atoms with Crippen LogP contribution in [0.4, 0.5) is 13.6 Å². The van der Waals surface area contributed by atoms with Gasteiger partial charge < -0.3 is 15.5 Å². The summed E-state index contributed by atoms with van der Waals surface area (Å²) < 4.78 is 28.6. The molecule has 33 heavy (non-hydrogen) atoms. The minimum Gasteiger partial charge on any atom is -0.359 e. The quantitative estimate of drug-likeness (QED) is 0.380. The van der Waals surface area contributed by atoms with E-state index < -0.39 is 16.5 Å². The number of aliphatic imine (C=N–C) groups is 1. The van der Waals surface area contributed by atoms with Gasteiger partial charge in [0.25, 0.3) is 0 Å². The molecule has 1 atom stereocenters. The summed E-state index contributed by atoms with van der Waals surface area (Å²) in [5.74, 6) is -0.508. The number of nitrogens with zero attached hydrogens (tertiary/aromatic N) is 4. The number of nitrogens with one attached hydrogen (secondary N) is 2. The van der Waals surface area contributed by atoms with Gasteiger partial charge >= 0.3 is 6.03 Å². The first-order valence-electron chi connectivity index (χ1n) is 10.5. The summed E-state index contributed by atoms with van der Waals surface area (Å²) in [4.78, 5) is 17.8. The molecule has 0 fully saturated rings. The molecule has 176 valence electrons. The molecule has 10 heteroatoms. The van der Waals surface area contributed by atoms with Gasteiger partial charge in [0.1, 0.15) is 21.5 Å². The van der Waals surface area contributed by atoms with Gasteiger partial charge in [0.05, 0.1) is 0 Å². The molecule has 1 unspecified atom stereocenters. The van der Waals surface area contributed by atoms with Crippen LogP contribution >= 0.6 is 11.8 Å². The van der Waals surface area contributed by atoms with Crippen molar-refractivity contribution in [1.82, 2.24) is 20.5 Å². The highest BCUT2D eigenvalue weighted by atomic mass is 32.2. The number of thioether (sulfide) groups is 1. The Bertz CT molecular complexity index is 1050. The van der Waals surface area contributed by atoms with Crippen molar-refractivity contribution >= 4 is 28.8 Å². The number of rotatable bonds is 6. The van der Waals surface area contributed by atoms with Crippen molar-refractivity contribution in [2.45, 2.75) is 17.7 Å². The highest BCUT2D eigenvalue weighted by Crippen LogP contribution is 2.50. The average molecular weight is 475 g/mol. The third kappa shape index (κ3) is 5.27. The number of halogens is 2. The molecule has 0 radical (unpaired) electrons. The summed E-state index contributed by atoms with van der Waals surface area (Å²) in [5, 5.41) is 12.3. The van der Waals surface area contributed by atoms with E-state index in [-0.39, 0.29) is 16.6 Å². The fourth-order valence-electron chi connectivity index (χ4n) is 3.55. The van der Waals surface area contributed by atoms with Gasteiger partial charge in [-0.2, -0.15) is 10.1 Å². The van der Waals surface area contributed by atoms with E-state index in [1.165, 1.54) is 21.7 Å². The van der Waals surface area contributed by atoms with Crippen molar-refractivity contribution in [3.05, 3.63) is 71.3 Å². The van der Waals surface area contributed by atoms with Crippen LogP contribution in [0.25, 0.3) is 0 Å². The summed E-state index contributed by atoms with van der Waals surface area (Å²) in [7, 11) is 6.73. The van der Waals surface area contributed by atoms with Crippen LogP contribution in [-0.2, 0) is 4.87 Å². The van der Waals surface area contributed by atoms with Crippen molar-refractivity contribution in [1.29, 1.82) is 0 Å². The number of urea groups is 1. The summed E-state index contributed by atoms with van der Waals surface area (Å²) in [6, 6.07) is 12.4. The van der Waals surface area contributed by atoms with Gasteiger partial charge in [-0.25, -0.2) is 13.6 Å². The fraction of sp³-hybridized carbons (Fsp3) is 0.348. The van der Waals surface area contributed by atoms with Crippen LogP contribution in [-0.4, -0.2) is 61.7 Å². The molecule has 2 N–H and O–H groups in total. The molecule has 0 aliphatic carbocycles. The maximum atomic E-state index is 14.6. The Kier molecular flexibility index (Phi) is 7.91. The summed E-state index contributed by atoms with van der Waals surface area (Å²) >= 11 is 1.26. The Hall–Kier alpha value is -3.14. The van der Waals surface area contributed by atoms with Gasteiger partial charge in [0.2, 0.25) is 0 Å². The van der Waals surface area contributed by atoms with Gasteiger partial charge in [0.15, 0.2) is 5.96 Å². The van der Waals surface area contributed by atoms with E-state index in [1.807, 2.05) is 30.3 Å². The zero-order valence-corrected chi connectivity index (χ0v) is 19.9. The van der Waals surface area contributed by atoms with E-state index in [2.05, 4.69) is 20.7 Å². The molecule has 1 heterocycles. The van der Waals surface area contributed by atoms with E-state index >= 15 is 0 Å². The smallest absolute Gasteiger partial charge is 0.341 e. The highest BCUT2D eigenvalue weighted by Gasteiger charge is 2.49. The third-order valence-electron chi connectivity index (χ3n) is 5.19. The number of carbonyl (C=O) groups excluding carboxylic acids is 1. The molecule has 2 aromatic rings. The van der Waals surface area contributed by atoms with Crippen LogP contribution < -0.4 is 10.6 Å². The number of benzene rings is 2. The lowest BCUT2D eigenvalue weighted by Gasteiger charge is -2.37. The number of guanidine groups is 1. The van der Waals surface area contributed by atoms with E-state index in [0.29, 0.717) is 25.3 Å². The zero-order chi connectivity index (χ0) is 24.0. The van der Waals surface area contributed by atoms with E-state index in [4.69, 9.17) is 0 Å². The second kappa shape index (κ2) is 10.7. The number of carbonyl (C=O) groups is 1. The predicted molar refractivity (Wildman–Crippen MR) is 129 cm³/mol. The first-order valence-corrected chi connectivity index (χ1v) is 11.3. The van der Waals surface area contributed by atoms with Gasteiger partial charge in [0, 0.05) is 40.3 Å². The van der Waals surface area contributed by atoms with Crippen LogP contribution in [0, 0.1) is 11.6 Å². The van der Waals surface area contributed by atoms with Gasteiger partial charge in [-0.15, -0.1) is 0 Å². The minimum absolute atomic E-state index is 0.0306. The summed E-state index contributed by atoms with van der Waals surface area (Å²) in [6.45, 7) is 0.594. The fourth-order valence-corrected chi connectivity index (χ4v) is 4.96. The SMILES string of the molecule is CN=C(NC)NCCCC1(c2ccccc2)SC(c2cc(F)ccc2F)=NN1C(=O)N(C)C. The number of hydrogen-bond donors (Lipinski definition) is 2. The molecule has 2 aromatic carbocycles. The van der Waals surface area contributed by atoms with Crippen LogP contribution in [0.3, 0.4) is 0 Å². The van der Waals surface area contributed by atoms with Crippen LogP contribution in [0.5, 0.6) is 0 Å². The predicted octanol–water partition coefficient (Wildman–Crippen LogP) is 3.78. The Morgan fingerprint density at radius 3 is 2.58 bits per heavy atom. The van der Waals surface area contributed by atoms with Crippen LogP contribution in [0.1, 0.15) is 24.0 Å². The molecule has 0 spiro atoms. The molecular formula is C23H28F2N6OS. The van der Waals surface area contributed by atoms with Crippen molar-refractivity contribution < 1.29 is 13.6 Å². The van der Waals surface area contributed by atoms with E-state index in [1.54, 1.807) is 28.2 Å². The monoisotopic (exact) mass is 474 g/mol. The minimum atomic E-state index is -0.929. The van der Waals surface area contributed by atoms with E-state index in [0.717, 1.165) is 23.8 Å². The topological polar surface area (TPSA) is 72.3 Å². The maximum Gasteiger partial charge on any atom is 0.341 e. The van der Waals surface area contributed by atoms with Crippen molar-refractivity contribution in [3.8, 4) is 0 Å².